The molecule has 2 aromatic heterocycles. The number of sulfonamides is 1. The smallest absolute Gasteiger partial charge is 0.369 e. The second-order valence-electron chi connectivity index (χ2n) is 9.31. The van der Waals surface area contributed by atoms with Crippen molar-refractivity contribution in [3.05, 3.63) is 23.9 Å². The summed E-state index contributed by atoms with van der Waals surface area (Å²) in [5.41, 5.74) is 4.37. The number of nitrogens with one attached hydrogen (secondary N) is 1. The van der Waals surface area contributed by atoms with Crippen molar-refractivity contribution in [2.45, 2.75) is 42.1 Å². The number of carbonyl (C=O) groups is 3. The molecular formula is C22H27F3N6O5S2. The molecule has 208 valence electrons. The van der Waals surface area contributed by atoms with Crippen LogP contribution in [0.4, 0.5) is 13.2 Å². The summed E-state index contributed by atoms with van der Waals surface area (Å²) in [6.07, 6.45) is -2.71. The predicted octanol–water partition coefficient (Wildman–Crippen LogP) is 1.16. The Morgan fingerprint density at radius 2 is 1.92 bits per heavy atom. The van der Waals surface area contributed by atoms with Crippen LogP contribution in [-0.2, 0) is 37.6 Å². The van der Waals surface area contributed by atoms with E-state index in [2.05, 4.69) is 9.82 Å². The lowest BCUT2D eigenvalue weighted by atomic mass is 9.97. The molecule has 2 aliphatic rings. The predicted molar refractivity (Wildman–Crippen MR) is 130 cm³/mol. The van der Waals surface area contributed by atoms with Crippen molar-refractivity contribution in [3.63, 3.8) is 0 Å². The molecule has 0 radical (unpaired) electrons. The summed E-state index contributed by atoms with van der Waals surface area (Å²) in [7, 11) is -3.04. The molecular weight excluding hydrogens is 549 g/mol. The van der Waals surface area contributed by atoms with Gasteiger partial charge in [0.1, 0.15) is 21.6 Å². The fraction of sp³-hybridized carbons (Fsp3) is 0.545. The van der Waals surface area contributed by atoms with Crippen molar-refractivity contribution < 1.29 is 36.0 Å². The number of hydrogen-bond acceptors (Lipinski definition) is 7. The molecule has 0 bridgehead atoms. The van der Waals surface area contributed by atoms with Gasteiger partial charge < -0.3 is 15.5 Å². The topological polar surface area (TPSA) is 148 Å². The maximum Gasteiger partial charge on any atom is 0.433 e. The summed E-state index contributed by atoms with van der Waals surface area (Å²) < 4.78 is 68.2. The zero-order chi connectivity index (χ0) is 27.8. The minimum Gasteiger partial charge on any atom is -0.369 e. The molecule has 2 aromatic rings. The highest BCUT2D eigenvalue weighted by atomic mass is 32.2. The highest BCUT2D eigenvalue weighted by Gasteiger charge is 2.37. The summed E-state index contributed by atoms with van der Waals surface area (Å²) in [6, 6.07) is 2.33. The zero-order valence-corrected chi connectivity index (χ0v) is 22.0. The number of halogens is 3. The molecule has 0 saturated carbocycles. The van der Waals surface area contributed by atoms with E-state index in [0.717, 1.165) is 24.5 Å². The monoisotopic (exact) mass is 576 g/mol. The molecule has 0 spiro atoms. The Bertz CT molecular complexity index is 1340. The Labute approximate surface area is 220 Å². The van der Waals surface area contributed by atoms with Crippen LogP contribution in [0.15, 0.2) is 22.4 Å². The Hall–Kier alpha value is -2.98. The number of likely N-dealkylation sites (tertiary alicyclic amines) is 2. The van der Waals surface area contributed by atoms with Crippen LogP contribution in [0.2, 0.25) is 0 Å². The summed E-state index contributed by atoms with van der Waals surface area (Å²) >= 11 is 0.731. The number of rotatable bonds is 7. The first-order valence-electron chi connectivity index (χ1n) is 11.9. The average Bonchev–Trinajstić information content (AvgIpc) is 3.49. The third-order valence-electron chi connectivity index (χ3n) is 6.60. The SMILES string of the molecule is Cn1nc(-c2ccc(S(=O)(=O)NC3CCCN(CC(=O)N4CCCC(C(N)=O)C4)C3=O)s2)cc1C(F)(F)F. The number of thiophene rings is 1. The molecule has 11 nitrogen and oxygen atoms in total. The fourth-order valence-corrected chi connectivity index (χ4v) is 7.11. The van der Waals surface area contributed by atoms with Crippen molar-refractivity contribution in [2.75, 3.05) is 26.2 Å². The number of aromatic nitrogens is 2. The number of piperidine rings is 2. The number of hydrogen-bond donors (Lipinski definition) is 2. The van der Waals surface area contributed by atoms with Crippen LogP contribution in [0.5, 0.6) is 0 Å². The lowest BCUT2D eigenvalue weighted by Crippen LogP contribution is -2.55. The minimum absolute atomic E-state index is 0.0269. The second-order valence-corrected chi connectivity index (χ2v) is 12.3. The number of amides is 3. The standard InChI is InChI=1S/C22H27F3N6O5S2/c1-29-17(22(23,24)25)10-15(27-29)16-6-7-19(37-16)38(35,36)28-14-5-3-9-31(21(14)34)12-18(32)30-8-2-4-13(11-30)20(26)33/h6-7,10,13-14,28H,2-5,8-9,11-12H2,1H3,(H2,26,33). The highest BCUT2D eigenvalue weighted by molar-refractivity contribution is 7.91. The molecule has 0 aliphatic carbocycles. The number of primary amides is 1. The number of nitrogens with two attached hydrogens (primary N) is 1. The van der Waals surface area contributed by atoms with Gasteiger partial charge in [0.25, 0.3) is 10.0 Å². The molecule has 16 heteroatoms. The molecule has 2 saturated heterocycles. The van der Waals surface area contributed by atoms with Crippen LogP contribution in [0.3, 0.4) is 0 Å². The van der Waals surface area contributed by atoms with Gasteiger partial charge in [0.2, 0.25) is 17.7 Å². The van der Waals surface area contributed by atoms with Crippen molar-refractivity contribution >= 4 is 39.1 Å². The Kier molecular flexibility index (Phi) is 7.86. The van der Waals surface area contributed by atoms with Gasteiger partial charge in [0, 0.05) is 26.7 Å². The average molecular weight is 577 g/mol. The Morgan fingerprint density at radius 3 is 2.58 bits per heavy atom. The van der Waals surface area contributed by atoms with Crippen LogP contribution >= 0.6 is 11.3 Å². The highest BCUT2D eigenvalue weighted by Crippen LogP contribution is 2.35. The first-order valence-corrected chi connectivity index (χ1v) is 14.2. The molecule has 3 amide bonds. The van der Waals surface area contributed by atoms with Gasteiger partial charge in [-0.2, -0.15) is 23.0 Å². The van der Waals surface area contributed by atoms with Crippen LogP contribution < -0.4 is 10.5 Å². The normalized spacial score (nSPS) is 21.1. The molecule has 38 heavy (non-hydrogen) atoms. The molecule has 2 atom stereocenters. The Balaban J connectivity index is 1.42. The van der Waals surface area contributed by atoms with Crippen LogP contribution in [0.1, 0.15) is 31.4 Å². The fourth-order valence-electron chi connectivity index (χ4n) is 4.61. The van der Waals surface area contributed by atoms with Gasteiger partial charge in [-0.3, -0.25) is 19.1 Å². The zero-order valence-electron chi connectivity index (χ0n) is 20.4. The van der Waals surface area contributed by atoms with E-state index < -0.39 is 45.7 Å². The lowest BCUT2D eigenvalue weighted by Gasteiger charge is -2.35. The van der Waals surface area contributed by atoms with Crippen LogP contribution in [0, 0.1) is 5.92 Å². The largest absolute Gasteiger partial charge is 0.433 e. The third kappa shape index (κ3) is 6.02. The van der Waals surface area contributed by atoms with E-state index in [1.54, 1.807) is 0 Å². The summed E-state index contributed by atoms with van der Waals surface area (Å²) in [5.74, 6) is -1.81. The van der Waals surface area contributed by atoms with Crippen LogP contribution in [0.25, 0.3) is 10.6 Å². The molecule has 4 heterocycles. The number of aryl methyl sites for hydroxylation is 1. The lowest BCUT2D eigenvalue weighted by molar-refractivity contribution is -0.144. The summed E-state index contributed by atoms with van der Waals surface area (Å²) in [6.45, 7) is 0.670. The molecule has 2 fully saturated rings. The van der Waals surface area contributed by atoms with E-state index in [-0.39, 0.29) is 46.7 Å². The Morgan fingerprint density at radius 1 is 1.21 bits per heavy atom. The van der Waals surface area contributed by atoms with E-state index in [0.29, 0.717) is 30.5 Å². The van der Waals surface area contributed by atoms with E-state index in [4.69, 9.17) is 5.73 Å². The van der Waals surface area contributed by atoms with Gasteiger partial charge in [-0.25, -0.2) is 8.42 Å². The van der Waals surface area contributed by atoms with Gasteiger partial charge in [-0.05, 0) is 43.9 Å². The van der Waals surface area contributed by atoms with E-state index in [1.807, 2.05) is 0 Å². The maximum absolute atomic E-state index is 13.1. The molecule has 3 N–H and O–H groups in total. The molecule has 2 unspecified atom stereocenters. The van der Waals surface area contributed by atoms with Gasteiger partial charge in [-0.15, -0.1) is 11.3 Å². The quantitative estimate of drug-likeness (QED) is 0.506. The van der Waals surface area contributed by atoms with E-state index in [9.17, 15) is 36.0 Å². The summed E-state index contributed by atoms with van der Waals surface area (Å²) in [5, 5.41) is 3.83. The van der Waals surface area contributed by atoms with Crippen molar-refractivity contribution in [2.24, 2.45) is 18.7 Å². The molecule has 2 aliphatic heterocycles. The van der Waals surface area contributed by atoms with Crippen molar-refractivity contribution in [1.29, 1.82) is 0 Å². The van der Waals surface area contributed by atoms with E-state index in [1.165, 1.54) is 21.9 Å². The van der Waals surface area contributed by atoms with Gasteiger partial charge in [0.05, 0.1) is 17.3 Å². The van der Waals surface area contributed by atoms with Crippen LogP contribution in [-0.4, -0.2) is 77.9 Å². The van der Waals surface area contributed by atoms with Gasteiger partial charge in [-0.1, -0.05) is 0 Å². The second kappa shape index (κ2) is 10.6. The first-order chi connectivity index (χ1) is 17.8. The molecule has 0 aromatic carbocycles. The number of nitrogens with zero attached hydrogens (tertiary/aromatic N) is 4. The maximum atomic E-state index is 13.1. The van der Waals surface area contributed by atoms with Crippen molar-refractivity contribution in [1.82, 2.24) is 24.3 Å². The minimum atomic E-state index is -4.61. The van der Waals surface area contributed by atoms with Gasteiger partial charge in [0.15, 0.2) is 0 Å². The van der Waals surface area contributed by atoms with Gasteiger partial charge >= 0.3 is 6.18 Å². The molecule has 4 rings (SSSR count). The number of carbonyl (C=O) groups excluding carboxylic acids is 3. The third-order valence-corrected chi connectivity index (χ3v) is 9.67. The first kappa shape index (κ1) is 28.0. The van der Waals surface area contributed by atoms with Crippen molar-refractivity contribution in [3.8, 4) is 10.6 Å². The van der Waals surface area contributed by atoms with E-state index >= 15 is 0 Å². The number of alkyl halides is 3. The summed E-state index contributed by atoms with van der Waals surface area (Å²) in [4.78, 5) is 40.3.